The molecule has 11 nitrogen and oxygen atoms in total. The van der Waals surface area contributed by atoms with Gasteiger partial charge >= 0.3 is 5.97 Å². The van der Waals surface area contributed by atoms with Gasteiger partial charge in [0, 0.05) is 38.6 Å². The van der Waals surface area contributed by atoms with Gasteiger partial charge in [0.15, 0.2) is 5.78 Å². The largest absolute Gasteiger partial charge is 0.461 e. The van der Waals surface area contributed by atoms with Crippen LogP contribution in [0, 0.1) is 29.6 Å². The first-order chi connectivity index (χ1) is 28.7. The number of cyclic esters (lactones) is 1. The molecule has 1 saturated carbocycles. The Morgan fingerprint density at radius 1 is 0.833 bits per heavy atom. The summed E-state index contributed by atoms with van der Waals surface area (Å²) in [6, 6.07) is -1.20. The quantitative estimate of drug-likeness (QED) is 0.154. The number of nitrogens with two attached hydrogens (primary N) is 1. The number of Topliss-reactive ketones (excluding diaryl/α,β-unsaturated/α-hetero) is 2. The van der Waals surface area contributed by atoms with Crippen molar-refractivity contribution in [2.45, 2.75) is 180 Å². The molecule has 0 aromatic rings. The molecule has 0 radical (unpaired) electrons. The summed E-state index contributed by atoms with van der Waals surface area (Å²) in [4.78, 5) is 57.1. The molecule has 3 heterocycles. The monoisotopic (exact) mass is 839 g/mol. The van der Waals surface area contributed by atoms with Gasteiger partial charge in [0.2, 0.25) is 5.78 Å². The number of rotatable bonds is 6. The summed E-state index contributed by atoms with van der Waals surface area (Å²) < 4.78 is 23.9. The Bertz CT molecular complexity index is 1520. The van der Waals surface area contributed by atoms with Gasteiger partial charge < -0.3 is 34.7 Å². The molecule has 4 aliphatic rings. The smallest absolute Gasteiger partial charge is 0.329 e. The van der Waals surface area contributed by atoms with E-state index in [1.54, 1.807) is 7.11 Å². The number of carbonyl (C=O) groups is 4. The fourth-order valence-corrected chi connectivity index (χ4v) is 9.83. The zero-order valence-corrected chi connectivity index (χ0v) is 37.9. The van der Waals surface area contributed by atoms with E-state index >= 15 is 0 Å². The van der Waals surface area contributed by atoms with Gasteiger partial charge in [-0.2, -0.15) is 0 Å². The van der Waals surface area contributed by atoms with Crippen molar-refractivity contribution in [2.24, 2.45) is 35.3 Å². The van der Waals surface area contributed by atoms with Crippen LogP contribution in [0.2, 0.25) is 0 Å². The first kappa shape index (κ1) is 49.7. The predicted octanol–water partition coefficient (Wildman–Crippen LogP) is 7.78. The summed E-state index contributed by atoms with van der Waals surface area (Å²) in [5, 5.41) is 11.4. The number of hydrogen-bond acceptors (Lipinski definition) is 10. The molecule has 2 bridgehead atoms. The number of nitrogens with zero attached hydrogens (tertiary/aromatic N) is 1. The highest BCUT2D eigenvalue weighted by molar-refractivity contribution is 6.38. The second-order valence-electron chi connectivity index (χ2n) is 18.7. The van der Waals surface area contributed by atoms with E-state index in [0.29, 0.717) is 75.5 Å². The summed E-state index contributed by atoms with van der Waals surface area (Å²) in [6.07, 6.45) is 20.8. The van der Waals surface area contributed by atoms with Crippen molar-refractivity contribution in [1.29, 1.82) is 0 Å². The van der Waals surface area contributed by atoms with Crippen molar-refractivity contribution in [3.8, 4) is 0 Å². The van der Waals surface area contributed by atoms with Crippen LogP contribution < -0.4 is 5.73 Å². The average Bonchev–Trinajstić information content (AvgIpc) is 3.23. The third kappa shape index (κ3) is 15.1. The Hall–Kier alpha value is -2.96. The van der Waals surface area contributed by atoms with Crippen LogP contribution in [0.4, 0.5) is 0 Å². The van der Waals surface area contributed by atoms with Gasteiger partial charge in [-0.3, -0.25) is 14.4 Å². The molecule has 0 aromatic heterocycles. The van der Waals surface area contributed by atoms with Gasteiger partial charge in [0.25, 0.3) is 5.91 Å². The van der Waals surface area contributed by atoms with Gasteiger partial charge in [-0.1, -0.05) is 82.1 Å². The maximum Gasteiger partial charge on any atom is 0.329 e. The molecular weight excluding hydrogens is 761 g/mol. The molecule has 3 fully saturated rings. The number of ketones is 2. The highest BCUT2D eigenvalue weighted by atomic mass is 16.5. The zero-order valence-electron chi connectivity index (χ0n) is 37.9. The molecule has 338 valence electrons. The Morgan fingerprint density at radius 3 is 2.33 bits per heavy atom. The van der Waals surface area contributed by atoms with Crippen LogP contribution in [-0.2, 0) is 38.1 Å². The van der Waals surface area contributed by atoms with Crippen LogP contribution in [0.5, 0.6) is 0 Å². The summed E-state index contributed by atoms with van der Waals surface area (Å²) >= 11 is 0. The van der Waals surface area contributed by atoms with E-state index in [9.17, 15) is 24.3 Å². The van der Waals surface area contributed by atoms with E-state index in [2.05, 4.69) is 13.8 Å². The third-order valence-electron chi connectivity index (χ3n) is 13.5. The highest BCUT2D eigenvalue weighted by Gasteiger charge is 2.41. The predicted molar refractivity (Wildman–Crippen MR) is 235 cm³/mol. The minimum Gasteiger partial charge on any atom is -0.461 e. The Kier molecular flexibility index (Phi) is 20.9. The zero-order chi connectivity index (χ0) is 43.8. The molecule has 12 atom stereocenters. The van der Waals surface area contributed by atoms with E-state index in [0.717, 1.165) is 37.7 Å². The van der Waals surface area contributed by atoms with Gasteiger partial charge in [-0.15, -0.1) is 0 Å². The maximum absolute atomic E-state index is 14.1. The van der Waals surface area contributed by atoms with Gasteiger partial charge in [-0.05, 0) is 121 Å². The maximum atomic E-state index is 14.1. The summed E-state index contributed by atoms with van der Waals surface area (Å²) in [5.41, 5.74) is 8.16. The van der Waals surface area contributed by atoms with Crippen molar-refractivity contribution in [3.63, 3.8) is 0 Å². The summed E-state index contributed by atoms with van der Waals surface area (Å²) in [5.74, 6) is -1.01. The number of piperidine rings is 1. The standard InChI is InChI=1S/C49H78N2O9/c1-32-15-13-17-37(28-32)23-25-40-24-22-33(2)27-35(4)44(52)47(58-7)45(53)36(5)29-39(50)18-10-8-9-16-34(3)38(31-57-6)30-41-19-14-21-43(59-41)46(54)48(55)51-26-12-11-20-42(51)49(56)60-40/h8-10,16,18,27,32-33,36-44,47,52H,11-15,17,19-26,28-31,50H2,1-7H3/b9-8+,18-10+,34-16+,35-27+/t32-,33-,36+,37-,38+,39+,40-,41-,42-,43?,44+,47+/m0/s1. The van der Waals surface area contributed by atoms with Crippen LogP contribution in [0.3, 0.4) is 0 Å². The van der Waals surface area contributed by atoms with Gasteiger partial charge in [0.05, 0.1) is 12.7 Å². The second-order valence-corrected chi connectivity index (χ2v) is 18.7. The second kappa shape index (κ2) is 25.2. The van der Waals surface area contributed by atoms with Gasteiger partial charge in [-0.25, -0.2) is 4.79 Å². The number of fused-ring (bicyclic) bond motifs is 3. The Balaban J connectivity index is 1.60. The Labute approximate surface area is 360 Å². The molecule has 3 aliphatic heterocycles. The number of aliphatic hydroxyl groups is 1. The fourth-order valence-electron chi connectivity index (χ4n) is 9.83. The molecule has 0 aromatic carbocycles. The lowest BCUT2D eigenvalue weighted by atomic mass is 9.79. The minimum absolute atomic E-state index is 0.0105. The lowest BCUT2D eigenvalue weighted by Crippen LogP contribution is -2.54. The van der Waals surface area contributed by atoms with E-state index in [-0.39, 0.29) is 35.9 Å². The molecule has 11 heteroatoms. The molecular formula is C49H78N2O9. The number of aliphatic hydroxyl groups excluding tert-OH is 1. The summed E-state index contributed by atoms with van der Waals surface area (Å²) in [6.45, 7) is 10.9. The molecule has 0 spiro atoms. The fraction of sp³-hybridized carbons (Fsp3) is 0.755. The van der Waals surface area contributed by atoms with Crippen LogP contribution in [0.15, 0.2) is 47.6 Å². The molecule has 3 N–H and O–H groups in total. The highest BCUT2D eigenvalue weighted by Crippen LogP contribution is 2.34. The van der Waals surface area contributed by atoms with Crippen LogP contribution in [0.1, 0.15) is 137 Å². The molecule has 4 rings (SSSR count). The molecule has 1 amide bonds. The molecule has 60 heavy (non-hydrogen) atoms. The van der Waals surface area contributed by atoms with Crippen molar-refractivity contribution < 1.29 is 43.2 Å². The number of amides is 1. The average molecular weight is 839 g/mol. The molecule has 1 unspecified atom stereocenters. The number of ether oxygens (including phenoxy) is 4. The number of carbonyl (C=O) groups excluding carboxylic acids is 4. The van der Waals surface area contributed by atoms with Gasteiger partial charge in [0.1, 0.15) is 30.5 Å². The summed E-state index contributed by atoms with van der Waals surface area (Å²) in [7, 11) is 3.11. The SMILES string of the molecule is COC[C@H]1C[C@@H]2CCCC(O2)C(=O)C(=O)N2CCCC[C@H]2C(=O)O[C@H](CC[C@@H]2CCC[C@H](C)C2)CC[C@H](C)/C=C(\C)[C@@H](O)[C@@H](OC)C(=O)[C@H](C)C[C@H](N)/C=C/C=C/C=C/1C. The number of esters is 1. The van der Waals surface area contributed by atoms with Crippen LogP contribution in [0.25, 0.3) is 0 Å². The number of hydrogen-bond donors (Lipinski definition) is 2. The lowest BCUT2D eigenvalue weighted by molar-refractivity contribution is -0.167. The van der Waals surface area contributed by atoms with E-state index in [1.165, 1.54) is 37.7 Å². The lowest BCUT2D eigenvalue weighted by Gasteiger charge is -2.36. The van der Waals surface area contributed by atoms with Crippen LogP contribution in [-0.4, -0.2) is 103 Å². The molecule has 1 aliphatic carbocycles. The molecule has 2 saturated heterocycles. The van der Waals surface area contributed by atoms with Crippen LogP contribution >= 0.6 is 0 Å². The number of allylic oxidation sites excluding steroid dienone is 5. The number of methoxy groups -OCH3 is 2. The van der Waals surface area contributed by atoms with Crippen molar-refractivity contribution in [2.75, 3.05) is 27.4 Å². The van der Waals surface area contributed by atoms with E-state index in [1.807, 2.05) is 57.2 Å². The topological polar surface area (TPSA) is 155 Å². The van der Waals surface area contributed by atoms with E-state index in [4.69, 9.17) is 24.7 Å². The normalized spacial score (nSPS) is 38.5. The van der Waals surface area contributed by atoms with Crippen molar-refractivity contribution >= 4 is 23.4 Å². The Morgan fingerprint density at radius 2 is 1.60 bits per heavy atom. The first-order valence-electron chi connectivity index (χ1n) is 23.1. The third-order valence-corrected chi connectivity index (χ3v) is 13.5. The minimum atomic E-state index is -1.13. The first-order valence-corrected chi connectivity index (χ1v) is 23.1. The van der Waals surface area contributed by atoms with Crippen molar-refractivity contribution in [3.05, 3.63) is 47.6 Å². The van der Waals surface area contributed by atoms with E-state index < -0.39 is 47.9 Å². The van der Waals surface area contributed by atoms with Crippen molar-refractivity contribution in [1.82, 2.24) is 4.90 Å².